The second-order valence-electron chi connectivity index (χ2n) is 5.44. The minimum absolute atomic E-state index is 0.531. The van der Waals surface area contributed by atoms with Crippen molar-refractivity contribution in [2.45, 2.75) is 27.0 Å². The van der Waals surface area contributed by atoms with E-state index in [0.29, 0.717) is 18.4 Å². The first-order chi connectivity index (χ1) is 10.1. The van der Waals surface area contributed by atoms with Gasteiger partial charge < -0.3 is 10.1 Å². The number of rotatable bonds is 7. The van der Waals surface area contributed by atoms with Gasteiger partial charge in [0, 0.05) is 23.3 Å². The fraction of sp³-hybridized carbons (Fsp3) is 0.353. The third-order valence-corrected chi connectivity index (χ3v) is 3.51. The van der Waals surface area contributed by atoms with E-state index in [-0.39, 0.29) is 0 Å². The molecule has 21 heavy (non-hydrogen) atoms. The quantitative estimate of drug-likeness (QED) is 0.815. The van der Waals surface area contributed by atoms with Crippen LogP contribution in [-0.4, -0.2) is 11.5 Å². The number of pyridine rings is 1. The summed E-state index contributed by atoms with van der Waals surface area (Å²) >= 11 is 3.42. The van der Waals surface area contributed by atoms with Gasteiger partial charge in [0.2, 0.25) is 5.88 Å². The van der Waals surface area contributed by atoms with Gasteiger partial charge in [-0.3, -0.25) is 0 Å². The van der Waals surface area contributed by atoms with Gasteiger partial charge in [0.1, 0.15) is 6.61 Å². The summed E-state index contributed by atoms with van der Waals surface area (Å²) in [7, 11) is 0. The van der Waals surface area contributed by atoms with Crippen molar-refractivity contribution in [3.8, 4) is 5.88 Å². The molecule has 112 valence electrons. The molecule has 3 nitrogen and oxygen atoms in total. The first kappa shape index (κ1) is 16.0. The highest BCUT2D eigenvalue weighted by Gasteiger charge is 2.01. The summed E-state index contributed by atoms with van der Waals surface area (Å²) in [6, 6.07) is 12.1. The lowest BCUT2D eigenvalue weighted by Crippen LogP contribution is -2.18. The average Bonchev–Trinajstić information content (AvgIpc) is 2.47. The average molecular weight is 349 g/mol. The molecule has 0 atom stereocenters. The van der Waals surface area contributed by atoms with Crippen molar-refractivity contribution in [2.75, 3.05) is 6.54 Å². The van der Waals surface area contributed by atoms with E-state index in [1.165, 1.54) is 5.56 Å². The molecule has 4 heteroatoms. The summed E-state index contributed by atoms with van der Waals surface area (Å²) < 4.78 is 6.82. The van der Waals surface area contributed by atoms with E-state index in [0.717, 1.165) is 23.1 Å². The number of nitrogens with zero attached hydrogens (tertiary/aromatic N) is 1. The van der Waals surface area contributed by atoms with Gasteiger partial charge in [-0.05, 0) is 41.8 Å². The first-order valence-electron chi connectivity index (χ1n) is 7.16. The van der Waals surface area contributed by atoms with E-state index in [1.807, 2.05) is 36.4 Å². The van der Waals surface area contributed by atoms with Gasteiger partial charge >= 0.3 is 0 Å². The number of ether oxygens (including phenoxy) is 1. The van der Waals surface area contributed by atoms with Gasteiger partial charge in [-0.25, -0.2) is 4.98 Å². The smallest absolute Gasteiger partial charge is 0.213 e. The summed E-state index contributed by atoms with van der Waals surface area (Å²) in [4.78, 5) is 4.26. The molecule has 0 saturated carbocycles. The molecule has 2 aromatic rings. The highest BCUT2D eigenvalue weighted by molar-refractivity contribution is 9.10. The normalized spacial score (nSPS) is 10.9. The Morgan fingerprint density at radius 2 is 1.90 bits per heavy atom. The van der Waals surface area contributed by atoms with Crippen LogP contribution in [0, 0.1) is 5.92 Å². The fourth-order valence-corrected chi connectivity index (χ4v) is 2.15. The molecule has 1 aromatic carbocycles. The maximum Gasteiger partial charge on any atom is 0.213 e. The second kappa shape index (κ2) is 8.15. The molecule has 0 amide bonds. The summed E-state index contributed by atoms with van der Waals surface area (Å²) in [5.74, 6) is 1.32. The maximum atomic E-state index is 5.75. The van der Waals surface area contributed by atoms with Crippen molar-refractivity contribution in [2.24, 2.45) is 5.92 Å². The Bertz CT molecular complexity index is 555. The Kier molecular flexibility index (Phi) is 6.21. The number of nitrogens with one attached hydrogen (secondary N) is 1. The number of halogens is 1. The number of hydrogen-bond donors (Lipinski definition) is 1. The minimum atomic E-state index is 0.531. The minimum Gasteiger partial charge on any atom is -0.473 e. The fourth-order valence-electron chi connectivity index (χ4n) is 1.88. The standard InChI is InChI=1S/C17H21BrN2O/c1-13(2)10-19-11-15-7-8-20-17(9-15)21-12-14-3-5-16(18)6-4-14/h3-9,13,19H,10-12H2,1-2H3. The summed E-state index contributed by atoms with van der Waals surface area (Å²) in [5.41, 5.74) is 2.32. The zero-order valence-electron chi connectivity index (χ0n) is 12.5. The van der Waals surface area contributed by atoms with Crippen molar-refractivity contribution in [3.63, 3.8) is 0 Å². The molecule has 0 unspecified atom stereocenters. The van der Waals surface area contributed by atoms with E-state index >= 15 is 0 Å². The molecule has 1 aromatic heterocycles. The van der Waals surface area contributed by atoms with Crippen molar-refractivity contribution in [3.05, 3.63) is 58.2 Å². The van der Waals surface area contributed by atoms with Gasteiger partial charge in [-0.2, -0.15) is 0 Å². The van der Waals surface area contributed by atoms with Crippen LogP contribution < -0.4 is 10.1 Å². The van der Waals surface area contributed by atoms with Gasteiger partial charge in [0.15, 0.2) is 0 Å². The van der Waals surface area contributed by atoms with Gasteiger partial charge in [-0.1, -0.05) is 41.9 Å². The number of aromatic nitrogens is 1. The zero-order valence-corrected chi connectivity index (χ0v) is 14.1. The second-order valence-corrected chi connectivity index (χ2v) is 6.36. The molecule has 0 fully saturated rings. The summed E-state index contributed by atoms with van der Waals surface area (Å²) in [5, 5.41) is 3.42. The summed E-state index contributed by atoms with van der Waals surface area (Å²) in [6.45, 7) is 6.79. The lowest BCUT2D eigenvalue weighted by atomic mass is 10.2. The van der Waals surface area contributed by atoms with Crippen molar-refractivity contribution >= 4 is 15.9 Å². The van der Waals surface area contributed by atoms with E-state index in [2.05, 4.69) is 40.1 Å². The Hall–Kier alpha value is -1.39. The molecule has 1 N–H and O–H groups in total. The molecule has 0 aliphatic carbocycles. The van der Waals surface area contributed by atoms with Crippen LogP contribution in [0.15, 0.2) is 47.1 Å². The molecule has 0 spiro atoms. The van der Waals surface area contributed by atoms with Crippen LogP contribution in [0.5, 0.6) is 5.88 Å². The van der Waals surface area contributed by atoms with E-state index in [4.69, 9.17) is 4.74 Å². The van der Waals surface area contributed by atoms with Gasteiger partial charge in [0.25, 0.3) is 0 Å². The molecule has 1 heterocycles. The topological polar surface area (TPSA) is 34.2 Å². The van der Waals surface area contributed by atoms with Gasteiger partial charge in [0.05, 0.1) is 0 Å². The number of benzene rings is 1. The van der Waals surface area contributed by atoms with Gasteiger partial charge in [-0.15, -0.1) is 0 Å². The van der Waals surface area contributed by atoms with E-state index < -0.39 is 0 Å². The largest absolute Gasteiger partial charge is 0.473 e. The third kappa shape index (κ3) is 5.86. The number of hydrogen-bond acceptors (Lipinski definition) is 3. The van der Waals surface area contributed by atoms with Crippen LogP contribution >= 0.6 is 15.9 Å². The van der Waals surface area contributed by atoms with Crippen molar-refractivity contribution < 1.29 is 4.74 Å². The van der Waals surface area contributed by atoms with Crippen LogP contribution in [0.3, 0.4) is 0 Å². The van der Waals surface area contributed by atoms with Crippen LogP contribution in [-0.2, 0) is 13.2 Å². The Labute approximate surface area is 134 Å². The van der Waals surface area contributed by atoms with E-state index in [9.17, 15) is 0 Å². The predicted octanol–water partition coefficient (Wildman–Crippen LogP) is 4.17. The van der Waals surface area contributed by atoms with E-state index in [1.54, 1.807) is 6.20 Å². The molecular weight excluding hydrogens is 328 g/mol. The molecule has 0 radical (unpaired) electrons. The molecule has 0 bridgehead atoms. The Morgan fingerprint density at radius 1 is 1.14 bits per heavy atom. The summed E-state index contributed by atoms with van der Waals surface area (Å²) in [6.07, 6.45) is 1.79. The highest BCUT2D eigenvalue weighted by Crippen LogP contribution is 2.14. The molecule has 0 saturated heterocycles. The van der Waals surface area contributed by atoms with Crippen LogP contribution in [0.4, 0.5) is 0 Å². The van der Waals surface area contributed by atoms with Crippen LogP contribution in [0.1, 0.15) is 25.0 Å². The Morgan fingerprint density at radius 3 is 2.62 bits per heavy atom. The van der Waals surface area contributed by atoms with Crippen LogP contribution in [0.2, 0.25) is 0 Å². The lowest BCUT2D eigenvalue weighted by Gasteiger charge is -2.09. The molecule has 0 aliphatic rings. The van der Waals surface area contributed by atoms with Crippen molar-refractivity contribution in [1.29, 1.82) is 0 Å². The third-order valence-electron chi connectivity index (χ3n) is 2.98. The predicted molar refractivity (Wildman–Crippen MR) is 89.3 cm³/mol. The maximum absolute atomic E-state index is 5.75. The van der Waals surface area contributed by atoms with Crippen molar-refractivity contribution in [1.82, 2.24) is 10.3 Å². The lowest BCUT2D eigenvalue weighted by molar-refractivity contribution is 0.293. The molecule has 0 aliphatic heterocycles. The monoisotopic (exact) mass is 348 g/mol. The SMILES string of the molecule is CC(C)CNCc1ccnc(OCc2ccc(Br)cc2)c1. The molecular formula is C17H21BrN2O. The Balaban J connectivity index is 1.87. The molecule has 2 rings (SSSR count). The highest BCUT2D eigenvalue weighted by atomic mass is 79.9. The van der Waals surface area contributed by atoms with Crippen LogP contribution in [0.25, 0.3) is 0 Å². The first-order valence-corrected chi connectivity index (χ1v) is 7.95. The zero-order chi connectivity index (χ0) is 15.1.